The number of aromatic nitrogens is 3. The van der Waals surface area contributed by atoms with Crippen LogP contribution in [0.4, 0.5) is 0 Å². The number of carbonyl (C=O) groups is 1. The van der Waals surface area contributed by atoms with Gasteiger partial charge in [-0.3, -0.25) is 9.69 Å². The van der Waals surface area contributed by atoms with Crippen LogP contribution in [-0.4, -0.2) is 39.2 Å². The highest BCUT2D eigenvalue weighted by atomic mass is 16.2. The smallest absolute Gasteiger partial charge is 0.234 e. The van der Waals surface area contributed by atoms with Gasteiger partial charge in [0.05, 0.1) is 18.3 Å². The topological polar surface area (TPSA) is 63.1 Å². The molecule has 1 heterocycles. The minimum atomic E-state index is 0.00500. The highest BCUT2D eigenvalue weighted by molar-refractivity contribution is 5.78. The molecular formula is C25H31N5O. The van der Waals surface area contributed by atoms with Crippen LogP contribution >= 0.6 is 0 Å². The summed E-state index contributed by atoms with van der Waals surface area (Å²) in [6.07, 6.45) is 8.08. The second-order valence-electron chi connectivity index (χ2n) is 8.55. The van der Waals surface area contributed by atoms with Gasteiger partial charge in [0.25, 0.3) is 0 Å². The molecule has 0 spiro atoms. The number of aryl methyl sites for hydroxylation is 2. The van der Waals surface area contributed by atoms with Crippen molar-refractivity contribution in [3.05, 3.63) is 77.4 Å². The molecule has 2 atom stereocenters. The predicted molar refractivity (Wildman–Crippen MR) is 122 cm³/mol. The normalized spacial score (nSPS) is 15.4. The van der Waals surface area contributed by atoms with E-state index in [9.17, 15) is 4.79 Å². The van der Waals surface area contributed by atoms with E-state index in [1.54, 1.807) is 11.0 Å². The van der Waals surface area contributed by atoms with Gasteiger partial charge < -0.3 is 5.32 Å². The van der Waals surface area contributed by atoms with Crippen LogP contribution in [0.5, 0.6) is 0 Å². The molecule has 0 unspecified atom stereocenters. The molecule has 0 saturated carbocycles. The second kappa shape index (κ2) is 9.43. The van der Waals surface area contributed by atoms with Crippen molar-refractivity contribution in [2.24, 2.45) is 0 Å². The quantitative estimate of drug-likeness (QED) is 0.631. The van der Waals surface area contributed by atoms with Gasteiger partial charge in [-0.15, -0.1) is 0 Å². The van der Waals surface area contributed by atoms with Crippen LogP contribution in [0, 0.1) is 0 Å². The molecule has 162 valence electrons. The largest absolute Gasteiger partial charge is 0.348 e. The SMILES string of the molecule is C[C@H](NC(=O)CN(C)[C@@H](C)c1ccc(-n2cncn2)cc1)c1ccc2c(c1)CCCC2. The van der Waals surface area contributed by atoms with E-state index in [2.05, 4.69) is 64.5 Å². The fourth-order valence-corrected chi connectivity index (χ4v) is 4.26. The minimum Gasteiger partial charge on any atom is -0.348 e. The first kappa shape index (κ1) is 21.2. The number of carbonyl (C=O) groups excluding carboxylic acids is 1. The lowest BCUT2D eigenvalue weighted by molar-refractivity contribution is -0.123. The Balaban J connectivity index is 1.33. The Morgan fingerprint density at radius 3 is 2.48 bits per heavy atom. The molecule has 31 heavy (non-hydrogen) atoms. The lowest BCUT2D eigenvalue weighted by Crippen LogP contribution is -2.37. The average molecular weight is 418 g/mol. The van der Waals surface area contributed by atoms with Crippen LogP contribution in [0.2, 0.25) is 0 Å². The number of hydrogen-bond acceptors (Lipinski definition) is 4. The van der Waals surface area contributed by atoms with Gasteiger partial charge in [0.2, 0.25) is 5.91 Å². The first-order valence-corrected chi connectivity index (χ1v) is 11.1. The van der Waals surface area contributed by atoms with E-state index < -0.39 is 0 Å². The highest BCUT2D eigenvalue weighted by Gasteiger charge is 2.18. The van der Waals surface area contributed by atoms with Gasteiger partial charge in [0.1, 0.15) is 12.7 Å². The summed E-state index contributed by atoms with van der Waals surface area (Å²) in [7, 11) is 1.99. The van der Waals surface area contributed by atoms with E-state index in [0.29, 0.717) is 6.54 Å². The highest BCUT2D eigenvalue weighted by Crippen LogP contribution is 2.25. The van der Waals surface area contributed by atoms with Gasteiger partial charge in [-0.25, -0.2) is 9.67 Å². The molecule has 0 saturated heterocycles. The van der Waals surface area contributed by atoms with Crippen molar-refractivity contribution in [3.63, 3.8) is 0 Å². The lowest BCUT2D eigenvalue weighted by Gasteiger charge is -2.26. The molecule has 0 radical (unpaired) electrons. The number of nitrogens with one attached hydrogen (secondary N) is 1. The number of fused-ring (bicyclic) bond motifs is 1. The van der Waals surface area contributed by atoms with Crippen LogP contribution in [0.1, 0.15) is 61.0 Å². The Morgan fingerprint density at radius 1 is 1.06 bits per heavy atom. The molecule has 6 nitrogen and oxygen atoms in total. The maximum Gasteiger partial charge on any atom is 0.234 e. The summed E-state index contributed by atoms with van der Waals surface area (Å²) in [6.45, 7) is 4.53. The number of nitrogens with zero attached hydrogens (tertiary/aromatic N) is 4. The molecule has 4 rings (SSSR count). The summed E-state index contributed by atoms with van der Waals surface area (Å²) >= 11 is 0. The van der Waals surface area contributed by atoms with Crippen LogP contribution in [-0.2, 0) is 17.6 Å². The summed E-state index contributed by atoms with van der Waals surface area (Å²) in [5, 5.41) is 7.32. The van der Waals surface area contributed by atoms with Gasteiger partial charge in [-0.2, -0.15) is 5.10 Å². The van der Waals surface area contributed by atoms with Crippen molar-refractivity contribution >= 4 is 5.91 Å². The van der Waals surface area contributed by atoms with Gasteiger partial charge >= 0.3 is 0 Å². The van der Waals surface area contributed by atoms with Crippen molar-refractivity contribution in [3.8, 4) is 5.69 Å². The number of amides is 1. The van der Waals surface area contributed by atoms with Gasteiger partial charge in [-0.1, -0.05) is 30.3 Å². The number of hydrogen-bond donors (Lipinski definition) is 1. The van der Waals surface area contributed by atoms with E-state index in [-0.39, 0.29) is 18.0 Å². The predicted octanol–water partition coefficient (Wildman–Crippen LogP) is 4.02. The van der Waals surface area contributed by atoms with Gasteiger partial charge in [0.15, 0.2) is 0 Å². The summed E-state index contributed by atoms with van der Waals surface area (Å²) < 4.78 is 1.73. The van der Waals surface area contributed by atoms with E-state index in [1.807, 2.05) is 19.2 Å². The van der Waals surface area contributed by atoms with Gasteiger partial charge in [0, 0.05) is 6.04 Å². The molecule has 0 aliphatic heterocycles. The molecule has 0 fully saturated rings. The first-order valence-electron chi connectivity index (χ1n) is 11.1. The van der Waals surface area contributed by atoms with E-state index in [4.69, 9.17) is 0 Å². The third kappa shape index (κ3) is 5.02. The zero-order valence-corrected chi connectivity index (χ0v) is 18.6. The molecule has 2 aromatic carbocycles. The Hall–Kier alpha value is -2.99. The zero-order valence-electron chi connectivity index (χ0n) is 18.6. The number of rotatable bonds is 7. The monoisotopic (exact) mass is 417 g/mol. The molecular weight excluding hydrogens is 386 g/mol. The Bertz CT molecular complexity index is 1010. The summed E-state index contributed by atoms with van der Waals surface area (Å²) in [5.41, 5.74) is 6.23. The minimum absolute atomic E-state index is 0.00500. The van der Waals surface area contributed by atoms with Crippen molar-refractivity contribution in [1.29, 1.82) is 0 Å². The fraction of sp³-hybridized carbons (Fsp3) is 0.400. The van der Waals surface area contributed by atoms with Crippen molar-refractivity contribution < 1.29 is 4.79 Å². The third-order valence-electron chi connectivity index (χ3n) is 6.36. The molecule has 1 aromatic heterocycles. The number of likely N-dealkylation sites (N-methyl/N-ethyl adjacent to an activating group) is 1. The molecule has 1 N–H and O–H groups in total. The van der Waals surface area contributed by atoms with Crippen molar-refractivity contribution in [2.75, 3.05) is 13.6 Å². The first-order chi connectivity index (χ1) is 15.0. The standard InChI is InChI=1S/C25H31N5O/c1-18(22-9-8-21-6-4-5-7-23(21)14-22)28-25(31)15-29(3)19(2)20-10-12-24(13-11-20)30-17-26-16-27-30/h8-14,16-19H,4-7,15H2,1-3H3,(H,28,31)/t18-,19-/m0/s1. The Labute approximate surface area is 184 Å². The van der Waals surface area contributed by atoms with Crippen molar-refractivity contribution in [2.45, 2.75) is 51.6 Å². The van der Waals surface area contributed by atoms with E-state index in [1.165, 1.54) is 42.3 Å². The second-order valence-corrected chi connectivity index (χ2v) is 8.55. The van der Waals surface area contributed by atoms with Crippen LogP contribution < -0.4 is 5.32 Å². The average Bonchev–Trinajstić information content (AvgIpc) is 3.33. The summed E-state index contributed by atoms with van der Waals surface area (Å²) in [5.74, 6) is 0.0406. The third-order valence-corrected chi connectivity index (χ3v) is 6.36. The molecule has 6 heteroatoms. The van der Waals surface area contributed by atoms with Crippen LogP contribution in [0.25, 0.3) is 5.69 Å². The van der Waals surface area contributed by atoms with E-state index >= 15 is 0 Å². The van der Waals surface area contributed by atoms with Crippen molar-refractivity contribution in [1.82, 2.24) is 25.0 Å². The van der Waals surface area contributed by atoms with Crippen LogP contribution in [0.15, 0.2) is 55.1 Å². The molecule has 0 bridgehead atoms. The summed E-state index contributed by atoms with van der Waals surface area (Å²) in [4.78, 5) is 18.8. The maximum atomic E-state index is 12.7. The van der Waals surface area contributed by atoms with Gasteiger partial charge in [-0.05, 0) is 81.0 Å². The Morgan fingerprint density at radius 2 is 1.77 bits per heavy atom. The molecule has 1 aliphatic carbocycles. The Kier molecular flexibility index (Phi) is 6.47. The lowest BCUT2D eigenvalue weighted by atomic mass is 9.89. The fourth-order valence-electron chi connectivity index (χ4n) is 4.26. The molecule has 1 aliphatic rings. The molecule has 1 amide bonds. The summed E-state index contributed by atoms with van der Waals surface area (Å²) in [6, 6.07) is 15.0. The molecule has 3 aromatic rings. The van der Waals surface area contributed by atoms with Crippen LogP contribution in [0.3, 0.4) is 0 Å². The maximum absolute atomic E-state index is 12.7. The number of benzene rings is 2. The van der Waals surface area contributed by atoms with E-state index in [0.717, 1.165) is 17.7 Å². The zero-order chi connectivity index (χ0) is 21.8.